The highest BCUT2D eigenvalue weighted by Crippen LogP contribution is 2.20. The minimum absolute atomic E-state index is 0.0199. The molecule has 20 heavy (non-hydrogen) atoms. The van der Waals surface area contributed by atoms with Gasteiger partial charge in [-0.15, -0.1) is 0 Å². The van der Waals surface area contributed by atoms with Crippen molar-refractivity contribution >= 4 is 11.6 Å². The number of carbonyl (C=O) groups is 1. The van der Waals surface area contributed by atoms with Gasteiger partial charge >= 0.3 is 0 Å². The van der Waals surface area contributed by atoms with Crippen molar-refractivity contribution in [3.05, 3.63) is 24.3 Å². The van der Waals surface area contributed by atoms with Crippen LogP contribution in [0, 0.1) is 0 Å². The van der Waals surface area contributed by atoms with Crippen LogP contribution in [0.15, 0.2) is 24.3 Å². The molecule has 0 aliphatic carbocycles. The van der Waals surface area contributed by atoms with Crippen LogP contribution >= 0.6 is 0 Å². The second kappa shape index (κ2) is 6.61. The number of para-hydroxylation sites is 2. The van der Waals surface area contributed by atoms with E-state index in [-0.39, 0.29) is 12.5 Å². The van der Waals surface area contributed by atoms with Gasteiger partial charge in [0.05, 0.1) is 5.69 Å². The van der Waals surface area contributed by atoms with E-state index in [0.29, 0.717) is 17.5 Å². The van der Waals surface area contributed by atoms with E-state index in [2.05, 4.69) is 11.9 Å². The van der Waals surface area contributed by atoms with Crippen molar-refractivity contribution in [1.29, 1.82) is 0 Å². The quantitative estimate of drug-likeness (QED) is 0.822. The molecule has 110 valence electrons. The van der Waals surface area contributed by atoms with E-state index in [1.807, 2.05) is 19.2 Å². The third kappa shape index (κ3) is 3.63. The number of carbonyl (C=O) groups excluding carboxylic acids is 1. The third-order valence-electron chi connectivity index (χ3n) is 3.85. The average molecular weight is 277 g/mol. The maximum atomic E-state index is 12.1. The van der Waals surface area contributed by atoms with Gasteiger partial charge in [-0.3, -0.25) is 4.79 Å². The van der Waals surface area contributed by atoms with Gasteiger partial charge in [0, 0.05) is 19.6 Å². The maximum Gasteiger partial charge on any atom is 0.260 e. The van der Waals surface area contributed by atoms with Crippen LogP contribution in [-0.4, -0.2) is 55.5 Å². The zero-order valence-electron chi connectivity index (χ0n) is 12.2. The Kier molecular flexibility index (Phi) is 4.84. The SMILES string of the molecule is CN(CC1CCCN1C)C(=O)COc1ccccc1N. The molecule has 1 aromatic carbocycles. The monoisotopic (exact) mass is 277 g/mol. The molecule has 5 nitrogen and oxygen atoms in total. The summed E-state index contributed by atoms with van der Waals surface area (Å²) in [6, 6.07) is 7.68. The van der Waals surface area contributed by atoms with Crippen LogP contribution in [0.1, 0.15) is 12.8 Å². The Bertz CT molecular complexity index is 464. The molecule has 0 aromatic heterocycles. The molecule has 2 N–H and O–H groups in total. The first-order valence-corrected chi connectivity index (χ1v) is 6.99. The molecule has 1 amide bonds. The summed E-state index contributed by atoms with van der Waals surface area (Å²) in [5.41, 5.74) is 6.33. The Balaban J connectivity index is 1.81. The molecular formula is C15H23N3O2. The van der Waals surface area contributed by atoms with Gasteiger partial charge in [0.25, 0.3) is 5.91 Å². The van der Waals surface area contributed by atoms with Gasteiger partial charge < -0.3 is 20.3 Å². The van der Waals surface area contributed by atoms with Crippen LogP contribution in [0.3, 0.4) is 0 Å². The highest BCUT2D eigenvalue weighted by atomic mass is 16.5. The lowest BCUT2D eigenvalue weighted by Crippen LogP contribution is -2.41. The topological polar surface area (TPSA) is 58.8 Å². The van der Waals surface area contributed by atoms with Crippen LogP contribution in [-0.2, 0) is 4.79 Å². The number of rotatable bonds is 5. The number of nitrogens with zero attached hydrogens (tertiary/aromatic N) is 2. The molecule has 1 aromatic rings. The number of benzene rings is 1. The summed E-state index contributed by atoms with van der Waals surface area (Å²) in [5.74, 6) is 0.542. The number of ether oxygens (including phenoxy) is 1. The number of amides is 1. The van der Waals surface area contributed by atoms with Gasteiger partial charge in [-0.2, -0.15) is 0 Å². The fourth-order valence-electron chi connectivity index (χ4n) is 2.49. The molecule has 0 radical (unpaired) electrons. The van der Waals surface area contributed by atoms with Crippen LogP contribution in [0.5, 0.6) is 5.75 Å². The van der Waals surface area contributed by atoms with Crippen molar-refractivity contribution in [1.82, 2.24) is 9.80 Å². The smallest absolute Gasteiger partial charge is 0.260 e. The highest BCUT2D eigenvalue weighted by molar-refractivity contribution is 5.77. The van der Waals surface area contributed by atoms with Crippen LogP contribution in [0.4, 0.5) is 5.69 Å². The number of likely N-dealkylation sites (N-methyl/N-ethyl adjacent to an activating group) is 2. The summed E-state index contributed by atoms with van der Waals surface area (Å²) in [6.07, 6.45) is 2.36. The number of nitrogen functional groups attached to an aromatic ring is 1. The van der Waals surface area contributed by atoms with Crippen LogP contribution in [0.2, 0.25) is 0 Å². The summed E-state index contributed by atoms with van der Waals surface area (Å²) < 4.78 is 5.48. The fraction of sp³-hybridized carbons (Fsp3) is 0.533. The average Bonchev–Trinajstić information content (AvgIpc) is 2.83. The van der Waals surface area contributed by atoms with Crippen molar-refractivity contribution in [2.75, 3.05) is 39.5 Å². The summed E-state index contributed by atoms with van der Waals surface area (Å²) >= 11 is 0. The van der Waals surface area contributed by atoms with Gasteiger partial charge in [-0.25, -0.2) is 0 Å². The third-order valence-corrected chi connectivity index (χ3v) is 3.85. The summed E-state index contributed by atoms with van der Waals surface area (Å²) in [5, 5.41) is 0. The molecule has 1 unspecified atom stereocenters. The van der Waals surface area contributed by atoms with E-state index < -0.39 is 0 Å². The minimum atomic E-state index is -0.0199. The molecule has 1 fully saturated rings. The second-order valence-electron chi connectivity index (χ2n) is 5.38. The van der Waals surface area contributed by atoms with E-state index in [0.717, 1.165) is 19.5 Å². The summed E-state index contributed by atoms with van der Waals surface area (Å²) in [7, 11) is 3.93. The standard InChI is InChI=1S/C15H23N3O2/c1-17-9-5-6-12(17)10-18(2)15(19)11-20-14-8-4-3-7-13(14)16/h3-4,7-8,12H,5-6,9-11,16H2,1-2H3. The summed E-state index contributed by atoms with van der Waals surface area (Å²) in [4.78, 5) is 16.1. The van der Waals surface area contributed by atoms with E-state index in [1.54, 1.807) is 17.0 Å². The Morgan fingerprint density at radius 3 is 2.90 bits per heavy atom. The predicted molar refractivity (Wildman–Crippen MR) is 79.6 cm³/mol. The first-order chi connectivity index (χ1) is 9.58. The number of nitrogens with two attached hydrogens (primary N) is 1. The largest absolute Gasteiger partial charge is 0.482 e. The van der Waals surface area contributed by atoms with Crippen LogP contribution in [0.25, 0.3) is 0 Å². The summed E-state index contributed by atoms with van der Waals surface area (Å²) in [6.45, 7) is 1.90. The van der Waals surface area contributed by atoms with E-state index >= 15 is 0 Å². The first kappa shape index (κ1) is 14.7. The van der Waals surface area contributed by atoms with Gasteiger partial charge in [0.15, 0.2) is 6.61 Å². The lowest BCUT2D eigenvalue weighted by molar-refractivity contribution is -0.132. The van der Waals surface area contributed by atoms with Crippen molar-refractivity contribution in [2.45, 2.75) is 18.9 Å². The minimum Gasteiger partial charge on any atom is -0.482 e. The Morgan fingerprint density at radius 1 is 1.50 bits per heavy atom. The molecule has 1 saturated heterocycles. The van der Waals surface area contributed by atoms with E-state index in [4.69, 9.17) is 10.5 Å². The zero-order chi connectivity index (χ0) is 14.5. The van der Waals surface area contributed by atoms with Crippen molar-refractivity contribution < 1.29 is 9.53 Å². The molecule has 2 rings (SSSR count). The van der Waals surface area contributed by atoms with Gasteiger partial charge in [0.1, 0.15) is 5.75 Å². The number of likely N-dealkylation sites (tertiary alicyclic amines) is 1. The van der Waals surface area contributed by atoms with Crippen molar-refractivity contribution in [3.8, 4) is 5.75 Å². The van der Waals surface area contributed by atoms with Crippen molar-refractivity contribution in [3.63, 3.8) is 0 Å². The first-order valence-electron chi connectivity index (χ1n) is 6.99. The molecule has 1 heterocycles. The normalized spacial score (nSPS) is 19.0. The zero-order valence-corrected chi connectivity index (χ0v) is 12.2. The number of anilines is 1. The predicted octanol–water partition coefficient (Wildman–Crippen LogP) is 1.20. The van der Waals surface area contributed by atoms with E-state index in [9.17, 15) is 4.79 Å². The lowest BCUT2D eigenvalue weighted by atomic mass is 10.2. The maximum absolute atomic E-state index is 12.1. The fourth-order valence-corrected chi connectivity index (χ4v) is 2.49. The molecule has 5 heteroatoms. The number of hydrogen-bond donors (Lipinski definition) is 1. The van der Waals surface area contributed by atoms with Gasteiger partial charge in [0.2, 0.25) is 0 Å². The van der Waals surface area contributed by atoms with Crippen LogP contribution < -0.4 is 10.5 Å². The molecule has 1 aliphatic rings. The highest BCUT2D eigenvalue weighted by Gasteiger charge is 2.23. The van der Waals surface area contributed by atoms with Crippen molar-refractivity contribution in [2.24, 2.45) is 0 Å². The molecule has 0 spiro atoms. The Hall–Kier alpha value is -1.75. The molecule has 0 saturated carbocycles. The second-order valence-corrected chi connectivity index (χ2v) is 5.38. The lowest BCUT2D eigenvalue weighted by Gasteiger charge is -2.25. The molecule has 1 atom stereocenters. The molecule has 0 bridgehead atoms. The number of hydrogen-bond acceptors (Lipinski definition) is 4. The molecular weight excluding hydrogens is 254 g/mol. The Morgan fingerprint density at radius 2 is 2.25 bits per heavy atom. The van der Waals surface area contributed by atoms with Gasteiger partial charge in [-0.1, -0.05) is 12.1 Å². The Labute approximate surface area is 120 Å². The van der Waals surface area contributed by atoms with E-state index in [1.165, 1.54) is 6.42 Å². The van der Waals surface area contributed by atoms with Gasteiger partial charge in [-0.05, 0) is 38.6 Å². The molecule has 1 aliphatic heterocycles.